The third-order valence-electron chi connectivity index (χ3n) is 1.32. The van der Waals surface area contributed by atoms with Gasteiger partial charge in [-0.1, -0.05) is 11.6 Å². The van der Waals surface area contributed by atoms with E-state index < -0.39 is 0 Å². The van der Waals surface area contributed by atoms with Crippen LogP contribution in [-0.2, 0) is 0 Å². The number of halogens is 1. The molecular weight excluding hydrogens is 166 g/mol. The smallest absolute Gasteiger partial charge is 0.0646 e. The predicted molar refractivity (Wildman–Crippen MR) is 47.9 cm³/mol. The summed E-state index contributed by atoms with van der Waals surface area (Å²) in [7, 11) is 0. The van der Waals surface area contributed by atoms with Crippen LogP contribution in [0.1, 0.15) is 5.56 Å². The van der Waals surface area contributed by atoms with E-state index in [1.807, 2.05) is 13.0 Å². The van der Waals surface area contributed by atoms with Crippen molar-refractivity contribution in [2.45, 2.75) is 11.8 Å². The quantitative estimate of drug-likeness (QED) is 0.458. The fraction of sp³-hybridized carbons (Fsp3) is 0.143. The lowest BCUT2D eigenvalue weighted by atomic mass is 10.2. The fourth-order valence-electron chi connectivity index (χ4n) is 0.693. The average Bonchev–Trinajstić information content (AvgIpc) is 1.84. The Kier molecular flexibility index (Phi) is 2.11. The Balaban J connectivity index is 3.28. The summed E-state index contributed by atoms with van der Waals surface area (Å²) < 4.78 is 0. The number of anilines is 1. The first-order valence-corrected chi connectivity index (χ1v) is 3.68. The number of hydrogen-bond acceptors (Lipinski definition) is 2. The molecule has 0 radical (unpaired) electrons. The second kappa shape index (κ2) is 2.72. The minimum absolute atomic E-state index is 0.565. The molecule has 0 aliphatic rings. The van der Waals surface area contributed by atoms with Crippen molar-refractivity contribution in [3.8, 4) is 0 Å². The van der Waals surface area contributed by atoms with Crippen molar-refractivity contribution in [2.24, 2.45) is 0 Å². The molecule has 10 heavy (non-hydrogen) atoms. The van der Waals surface area contributed by atoms with Crippen LogP contribution in [0.5, 0.6) is 0 Å². The second-order valence-corrected chi connectivity index (χ2v) is 3.05. The highest BCUT2D eigenvalue weighted by atomic mass is 35.5. The van der Waals surface area contributed by atoms with Crippen molar-refractivity contribution in [3.05, 3.63) is 22.7 Å². The fourth-order valence-corrected chi connectivity index (χ4v) is 1.13. The molecule has 0 saturated heterocycles. The van der Waals surface area contributed by atoms with Gasteiger partial charge in [-0.15, -0.1) is 12.6 Å². The van der Waals surface area contributed by atoms with Gasteiger partial charge in [-0.3, -0.25) is 0 Å². The summed E-state index contributed by atoms with van der Waals surface area (Å²) in [5.41, 5.74) is 7.18. The van der Waals surface area contributed by atoms with E-state index in [2.05, 4.69) is 12.6 Å². The van der Waals surface area contributed by atoms with Crippen LogP contribution in [0, 0.1) is 6.92 Å². The summed E-state index contributed by atoms with van der Waals surface area (Å²) in [6.07, 6.45) is 0. The topological polar surface area (TPSA) is 26.0 Å². The largest absolute Gasteiger partial charge is 0.398 e. The number of aryl methyl sites for hydroxylation is 1. The van der Waals surface area contributed by atoms with E-state index in [4.69, 9.17) is 17.3 Å². The van der Waals surface area contributed by atoms with Crippen molar-refractivity contribution in [2.75, 3.05) is 5.73 Å². The molecule has 0 fully saturated rings. The Bertz CT molecular complexity index is 210. The van der Waals surface area contributed by atoms with Crippen molar-refractivity contribution in [1.82, 2.24) is 0 Å². The molecule has 0 aliphatic heterocycles. The molecule has 1 nitrogen and oxygen atoms in total. The number of nitrogens with two attached hydrogens (primary N) is 1. The van der Waals surface area contributed by atoms with Gasteiger partial charge < -0.3 is 5.73 Å². The first-order chi connectivity index (χ1) is 4.61. The monoisotopic (exact) mass is 173 g/mol. The van der Waals surface area contributed by atoms with Gasteiger partial charge in [0.15, 0.2) is 0 Å². The third-order valence-corrected chi connectivity index (χ3v) is 2.12. The van der Waals surface area contributed by atoms with Crippen LogP contribution in [-0.4, -0.2) is 0 Å². The summed E-state index contributed by atoms with van der Waals surface area (Å²) in [5.74, 6) is 0. The van der Waals surface area contributed by atoms with Crippen molar-refractivity contribution >= 4 is 29.9 Å². The van der Waals surface area contributed by atoms with Crippen molar-refractivity contribution in [1.29, 1.82) is 0 Å². The molecule has 0 bridgehead atoms. The molecule has 1 rings (SSSR count). The summed E-state index contributed by atoms with van der Waals surface area (Å²) in [5, 5.41) is 0.565. The predicted octanol–water partition coefficient (Wildman–Crippen LogP) is 2.52. The molecular formula is C7H8ClNS. The zero-order valence-electron chi connectivity index (χ0n) is 5.56. The molecule has 54 valence electrons. The SMILES string of the molecule is Cc1cc(N)c(Cl)cc1S. The normalized spacial score (nSPS) is 9.90. The Morgan fingerprint density at radius 3 is 2.60 bits per heavy atom. The maximum absolute atomic E-state index is 5.71. The second-order valence-electron chi connectivity index (χ2n) is 2.16. The van der Waals surface area contributed by atoms with Crippen LogP contribution in [0.2, 0.25) is 5.02 Å². The van der Waals surface area contributed by atoms with Gasteiger partial charge >= 0.3 is 0 Å². The molecule has 0 aromatic heterocycles. The van der Waals surface area contributed by atoms with Crippen LogP contribution < -0.4 is 5.73 Å². The molecule has 0 spiro atoms. The Labute approximate surface area is 70.6 Å². The first kappa shape index (κ1) is 7.76. The molecule has 1 aromatic carbocycles. The maximum Gasteiger partial charge on any atom is 0.0646 e. The lowest BCUT2D eigenvalue weighted by Crippen LogP contribution is -1.87. The highest BCUT2D eigenvalue weighted by molar-refractivity contribution is 7.80. The van der Waals surface area contributed by atoms with E-state index in [0.717, 1.165) is 10.5 Å². The van der Waals surface area contributed by atoms with E-state index in [9.17, 15) is 0 Å². The van der Waals surface area contributed by atoms with E-state index >= 15 is 0 Å². The molecule has 0 heterocycles. The van der Waals surface area contributed by atoms with Crippen LogP contribution in [0.15, 0.2) is 17.0 Å². The lowest BCUT2D eigenvalue weighted by molar-refractivity contribution is 1.31. The standard InChI is InChI=1S/C7H8ClNS/c1-4-2-6(9)5(8)3-7(4)10/h2-3,10H,9H2,1H3. The van der Waals surface area contributed by atoms with Crippen LogP contribution in [0.25, 0.3) is 0 Å². The molecule has 2 N–H and O–H groups in total. The summed E-state index contributed by atoms with van der Waals surface area (Å²) in [6.45, 7) is 1.94. The molecule has 1 aromatic rings. The zero-order valence-corrected chi connectivity index (χ0v) is 7.21. The Morgan fingerprint density at radius 2 is 2.10 bits per heavy atom. The maximum atomic E-state index is 5.71. The van der Waals surface area contributed by atoms with Gasteiger partial charge in [0.25, 0.3) is 0 Å². The Morgan fingerprint density at radius 1 is 1.50 bits per heavy atom. The highest BCUT2D eigenvalue weighted by Crippen LogP contribution is 2.24. The van der Waals surface area contributed by atoms with E-state index in [0.29, 0.717) is 10.7 Å². The van der Waals surface area contributed by atoms with Crippen molar-refractivity contribution in [3.63, 3.8) is 0 Å². The number of nitrogen functional groups attached to an aromatic ring is 1. The van der Waals surface area contributed by atoms with Crippen molar-refractivity contribution < 1.29 is 0 Å². The Hall–Kier alpha value is -0.340. The molecule has 0 atom stereocenters. The van der Waals surface area contributed by atoms with Gasteiger partial charge in [0.05, 0.1) is 10.7 Å². The van der Waals surface area contributed by atoms with Crippen LogP contribution >= 0.6 is 24.2 Å². The summed E-state index contributed by atoms with van der Waals surface area (Å²) in [6, 6.07) is 3.56. The van der Waals surface area contributed by atoms with E-state index in [1.165, 1.54) is 0 Å². The van der Waals surface area contributed by atoms with Gasteiger partial charge in [0.1, 0.15) is 0 Å². The molecule has 3 heteroatoms. The summed E-state index contributed by atoms with van der Waals surface area (Å²) >= 11 is 9.89. The van der Waals surface area contributed by atoms with Gasteiger partial charge in [-0.05, 0) is 24.6 Å². The molecule has 0 saturated carbocycles. The number of hydrogen-bond donors (Lipinski definition) is 2. The zero-order chi connectivity index (χ0) is 7.72. The van der Waals surface area contributed by atoms with E-state index in [1.54, 1.807) is 6.07 Å². The van der Waals surface area contributed by atoms with Gasteiger partial charge in [0.2, 0.25) is 0 Å². The molecule has 0 aliphatic carbocycles. The lowest BCUT2D eigenvalue weighted by Gasteiger charge is -2.01. The number of rotatable bonds is 0. The van der Waals surface area contributed by atoms with Gasteiger partial charge in [-0.2, -0.15) is 0 Å². The van der Waals surface area contributed by atoms with Gasteiger partial charge in [0, 0.05) is 4.90 Å². The number of benzene rings is 1. The third kappa shape index (κ3) is 1.39. The summed E-state index contributed by atoms with van der Waals surface area (Å²) in [4.78, 5) is 0.874. The van der Waals surface area contributed by atoms with Crippen LogP contribution in [0.4, 0.5) is 5.69 Å². The molecule has 0 unspecified atom stereocenters. The minimum Gasteiger partial charge on any atom is -0.398 e. The average molecular weight is 174 g/mol. The van der Waals surface area contributed by atoms with E-state index in [-0.39, 0.29) is 0 Å². The highest BCUT2D eigenvalue weighted by Gasteiger charge is 1.98. The first-order valence-electron chi connectivity index (χ1n) is 2.86. The molecule has 0 amide bonds. The number of thiol groups is 1. The van der Waals surface area contributed by atoms with Gasteiger partial charge in [-0.25, -0.2) is 0 Å². The minimum atomic E-state index is 0.565. The van der Waals surface area contributed by atoms with Crippen LogP contribution in [0.3, 0.4) is 0 Å².